The Kier molecular flexibility index (Phi) is 7.66. The number of hydrogen-bond donors (Lipinski definition) is 0. The lowest BCUT2D eigenvalue weighted by Gasteiger charge is -2.17. The minimum Gasteiger partial charge on any atom is -0.383 e. The van der Waals surface area contributed by atoms with Gasteiger partial charge in [0, 0.05) is 18.7 Å². The molecule has 13 heteroatoms. The third-order valence-electron chi connectivity index (χ3n) is 5.38. The Labute approximate surface area is 214 Å². The van der Waals surface area contributed by atoms with Crippen LogP contribution in [0.15, 0.2) is 71.8 Å². The van der Waals surface area contributed by atoms with Crippen molar-refractivity contribution in [1.82, 2.24) is 18.9 Å². The number of sulfonamides is 1. The summed E-state index contributed by atoms with van der Waals surface area (Å²) < 4.78 is 99.4. The number of halogens is 5. The van der Waals surface area contributed by atoms with Crippen molar-refractivity contribution in [3.8, 4) is 23.2 Å². The van der Waals surface area contributed by atoms with Crippen LogP contribution < -0.4 is 0 Å². The third kappa shape index (κ3) is 5.61. The zero-order chi connectivity index (χ0) is 27.5. The number of methoxy groups -OCH3 is 1. The van der Waals surface area contributed by atoms with Crippen LogP contribution in [0.3, 0.4) is 0 Å². The van der Waals surface area contributed by atoms with Crippen LogP contribution in [-0.4, -0.2) is 47.6 Å². The smallest absolute Gasteiger partial charge is 0.383 e. The maximum absolute atomic E-state index is 13.8. The molecule has 4 aromatic rings. The van der Waals surface area contributed by atoms with E-state index in [0.717, 1.165) is 45.3 Å². The van der Waals surface area contributed by atoms with Crippen LogP contribution in [0.4, 0.5) is 22.0 Å². The average Bonchev–Trinajstić information content (AvgIpc) is 3.31. The second kappa shape index (κ2) is 10.8. The lowest BCUT2D eigenvalue weighted by atomic mass is 10.1. The van der Waals surface area contributed by atoms with E-state index < -0.39 is 33.9 Å². The Bertz CT molecular complexity index is 1590. The summed E-state index contributed by atoms with van der Waals surface area (Å²) in [5.41, 5.74) is -1.41. The number of aromatic nitrogens is 3. The zero-order valence-corrected chi connectivity index (χ0v) is 20.5. The quantitative estimate of drug-likeness (QED) is 0.184. The summed E-state index contributed by atoms with van der Waals surface area (Å²) in [4.78, 5) is 4.28. The van der Waals surface area contributed by atoms with E-state index in [9.17, 15) is 30.4 Å². The fraction of sp³-hybridized carbons (Fsp3) is 0.200. The largest absolute Gasteiger partial charge is 0.416 e. The molecule has 0 atom stereocenters. The number of benzene rings is 2. The lowest BCUT2D eigenvalue weighted by molar-refractivity contribution is -0.137. The Morgan fingerprint density at radius 1 is 1.08 bits per heavy atom. The van der Waals surface area contributed by atoms with Gasteiger partial charge in [0.2, 0.25) is 0 Å². The molecular formula is C25H19F5N4O3S. The van der Waals surface area contributed by atoms with Crippen molar-refractivity contribution in [2.45, 2.75) is 17.5 Å². The number of nitrogens with zero attached hydrogens (tertiary/aromatic N) is 4. The summed E-state index contributed by atoms with van der Waals surface area (Å²) in [7, 11) is -2.66. The molecule has 198 valence electrons. The number of rotatable bonds is 7. The Morgan fingerprint density at radius 3 is 2.37 bits per heavy atom. The monoisotopic (exact) mass is 550 g/mol. The van der Waals surface area contributed by atoms with Crippen LogP contribution in [0.5, 0.6) is 0 Å². The molecule has 0 unspecified atom stereocenters. The lowest BCUT2D eigenvalue weighted by Crippen LogP contribution is -2.29. The van der Waals surface area contributed by atoms with Crippen LogP contribution in [0.25, 0.3) is 16.9 Å². The summed E-state index contributed by atoms with van der Waals surface area (Å²) in [5.74, 6) is 2.63. The van der Waals surface area contributed by atoms with Crippen LogP contribution in [0.1, 0.15) is 23.2 Å². The van der Waals surface area contributed by atoms with Crippen LogP contribution in [0.2, 0.25) is 0 Å². The van der Waals surface area contributed by atoms with E-state index in [0.29, 0.717) is 0 Å². The molecule has 0 bridgehead atoms. The van der Waals surface area contributed by atoms with Gasteiger partial charge in [-0.25, -0.2) is 31.0 Å². The molecular weight excluding hydrogens is 531 g/mol. The molecule has 0 amide bonds. The summed E-state index contributed by atoms with van der Waals surface area (Å²) in [6, 6.07) is 15.0. The third-order valence-corrected chi connectivity index (χ3v) is 7.10. The first-order chi connectivity index (χ1) is 18.0. The molecule has 0 aliphatic rings. The van der Waals surface area contributed by atoms with Crippen LogP contribution >= 0.6 is 0 Å². The minimum absolute atomic E-state index is 0.00651. The normalized spacial score (nSPS) is 12.0. The molecule has 2 heterocycles. The molecule has 0 spiro atoms. The number of alkyl halides is 5. The summed E-state index contributed by atoms with van der Waals surface area (Å²) >= 11 is 0. The van der Waals surface area contributed by atoms with Crippen molar-refractivity contribution in [2.75, 3.05) is 20.3 Å². The molecule has 0 saturated carbocycles. The van der Waals surface area contributed by atoms with Gasteiger partial charge in [0.15, 0.2) is 5.65 Å². The van der Waals surface area contributed by atoms with Gasteiger partial charge in [0.25, 0.3) is 16.4 Å². The van der Waals surface area contributed by atoms with Crippen LogP contribution in [0, 0.1) is 12.0 Å². The fourth-order valence-electron chi connectivity index (χ4n) is 3.46. The maximum Gasteiger partial charge on any atom is 0.416 e. The zero-order valence-electron chi connectivity index (χ0n) is 19.7. The Hall–Kier alpha value is -4.02. The molecule has 2 aromatic heterocycles. The summed E-state index contributed by atoms with van der Waals surface area (Å²) in [5, 5.41) is 3.91. The molecule has 38 heavy (non-hydrogen) atoms. The highest BCUT2D eigenvalue weighted by Crippen LogP contribution is 2.32. The van der Waals surface area contributed by atoms with Gasteiger partial charge in [-0.2, -0.15) is 18.3 Å². The number of hydrogen-bond acceptors (Lipinski definition) is 5. The molecule has 0 saturated heterocycles. The van der Waals surface area contributed by atoms with E-state index in [1.54, 1.807) is 18.2 Å². The fourth-order valence-corrected chi connectivity index (χ4v) is 4.70. The molecule has 0 N–H and O–H groups in total. The summed E-state index contributed by atoms with van der Waals surface area (Å²) in [6.45, 7) is -0.0895. The van der Waals surface area contributed by atoms with Gasteiger partial charge >= 0.3 is 6.18 Å². The predicted octanol–water partition coefficient (Wildman–Crippen LogP) is 5.00. The topological polar surface area (TPSA) is 76.8 Å². The van der Waals surface area contributed by atoms with E-state index in [4.69, 9.17) is 4.74 Å². The predicted molar refractivity (Wildman–Crippen MR) is 127 cm³/mol. The molecule has 0 radical (unpaired) electrons. The highest BCUT2D eigenvalue weighted by atomic mass is 32.2. The Morgan fingerprint density at radius 2 is 1.76 bits per heavy atom. The molecule has 0 aliphatic heterocycles. The van der Waals surface area contributed by atoms with Crippen molar-refractivity contribution in [1.29, 1.82) is 0 Å². The van der Waals surface area contributed by atoms with Crippen molar-refractivity contribution in [3.05, 3.63) is 83.7 Å². The standard InChI is InChI=1S/C25H19F5N4O3S/c1-37-14-13-33(38(35,36)20-5-3-2-4-6-20)12-11-18-16-31-34-22(23(26)27)15-21(32-24(18)34)17-7-9-19(10-8-17)25(28,29)30/h2-10,15-16,23H,13-14H2,1H3. The first-order valence-electron chi connectivity index (χ1n) is 10.9. The van der Waals surface area contributed by atoms with Gasteiger partial charge < -0.3 is 4.74 Å². The van der Waals surface area contributed by atoms with Crippen LogP contribution in [-0.2, 0) is 20.9 Å². The maximum atomic E-state index is 13.8. The van der Waals surface area contributed by atoms with E-state index in [1.165, 1.54) is 19.2 Å². The van der Waals surface area contributed by atoms with Gasteiger partial charge in [-0.3, -0.25) is 0 Å². The highest BCUT2D eigenvalue weighted by Gasteiger charge is 2.30. The SMILES string of the molecule is COCCN(C#Cc1cnn2c(C(F)F)cc(-c3ccc(C(F)(F)F)cc3)nc12)S(=O)(=O)c1ccccc1. The van der Waals surface area contributed by atoms with E-state index in [1.807, 2.05) is 0 Å². The Balaban J connectivity index is 1.80. The van der Waals surface area contributed by atoms with Gasteiger partial charge in [-0.15, -0.1) is 0 Å². The van der Waals surface area contributed by atoms with Gasteiger partial charge in [-0.1, -0.05) is 30.3 Å². The average molecular weight is 551 g/mol. The van der Waals surface area contributed by atoms with E-state index in [2.05, 4.69) is 22.0 Å². The van der Waals surface area contributed by atoms with Crippen molar-refractivity contribution in [2.24, 2.45) is 0 Å². The van der Waals surface area contributed by atoms with Gasteiger partial charge in [0.05, 0.1) is 41.1 Å². The van der Waals surface area contributed by atoms with Crippen molar-refractivity contribution < 1.29 is 35.1 Å². The van der Waals surface area contributed by atoms with Gasteiger partial charge in [0.1, 0.15) is 5.69 Å². The van der Waals surface area contributed by atoms with Crippen molar-refractivity contribution in [3.63, 3.8) is 0 Å². The molecule has 0 aliphatic carbocycles. The first kappa shape index (κ1) is 27.0. The number of fused-ring (bicyclic) bond motifs is 1. The number of ether oxygens (including phenoxy) is 1. The molecule has 0 fully saturated rings. The first-order valence-corrected chi connectivity index (χ1v) is 12.4. The highest BCUT2D eigenvalue weighted by molar-refractivity contribution is 7.89. The van der Waals surface area contributed by atoms with Gasteiger partial charge in [-0.05, 0) is 36.3 Å². The summed E-state index contributed by atoms with van der Waals surface area (Å²) in [6.07, 6.45) is -6.40. The second-order valence-electron chi connectivity index (χ2n) is 7.86. The molecule has 4 rings (SSSR count). The minimum atomic E-state index is -4.56. The van der Waals surface area contributed by atoms with E-state index in [-0.39, 0.29) is 40.5 Å². The van der Waals surface area contributed by atoms with E-state index >= 15 is 0 Å². The van der Waals surface area contributed by atoms with Crippen molar-refractivity contribution >= 4 is 15.7 Å². The second-order valence-corrected chi connectivity index (χ2v) is 9.72. The molecule has 2 aromatic carbocycles. The molecule has 7 nitrogen and oxygen atoms in total.